The average Bonchev–Trinajstić information content (AvgIpc) is 2.65. The van der Waals surface area contributed by atoms with E-state index in [1.165, 1.54) is 21.7 Å². The highest BCUT2D eigenvalue weighted by molar-refractivity contribution is 7.10. The largest absolute Gasteiger partial charge is 0.241 e. The van der Waals surface area contributed by atoms with E-state index in [-0.39, 0.29) is 5.41 Å². The predicted octanol–water partition coefficient (Wildman–Crippen LogP) is 4.72. The Bertz CT molecular complexity index is 532. The molecule has 0 saturated heterocycles. The van der Waals surface area contributed by atoms with E-state index in [0.717, 1.165) is 5.69 Å². The Kier molecular flexibility index (Phi) is 3.09. The van der Waals surface area contributed by atoms with Gasteiger partial charge in [0.2, 0.25) is 0 Å². The number of thiazole rings is 1. The van der Waals surface area contributed by atoms with Crippen LogP contribution in [0.15, 0.2) is 23.6 Å². The van der Waals surface area contributed by atoms with Crippen LogP contribution in [0, 0.1) is 13.8 Å². The molecular weight excluding hydrogens is 226 g/mol. The molecule has 2 aromatic rings. The first-order valence-corrected chi connectivity index (χ1v) is 6.79. The van der Waals surface area contributed by atoms with Gasteiger partial charge in [-0.05, 0) is 19.4 Å². The van der Waals surface area contributed by atoms with Crippen LogP contribution in [-0.2, 0) is 5.41 Å². The summed E-state index contributed by atoms with van der Waals surface area (Å²) in [6.07, 6.45) is 0. The summed E-state index contributed by atoms with van der Waals surface area (Å²) in [4.78, 5) is 4.76. The third kappa shape index (κ3) is 2.58. The molecule has 0 saturated carbocycles. The van der Waals surface area contributed by atoms with Crippen molar-refractivity contribution < 1.29 is 0 Å². The van der Waals surface area contributed by atoms with Crippen LogP contribution >= 0.6 is 11.3 Å². The van der Waals surface area contributed by atoms with Gasteiger partial charge in [0.15, 0.2) is 0 Å². The smallest absolute Gasteiger partial charge is 0.0986 e. The number of hydrogen-bond acceptors (Lipinski definition) is 2. The van der Waals surface area contributed by atoms with Gasteiger partial charge in [0.25, 0.3) is 0 Å². The molecule has 17 heavy (non-hydrogen) atoms. The summed E-state index contributed by atoms with van der Waals surface area (Å²) in [7, 11) is 0. The highest BCUT2D eigenvalue weighted by Gasteiger charge is 2.18. The first kappa shape index (κ1) is 12.3. The first-order valence-electron chi connectivity index (χ1n) is 5.91. The van der Waals surface area contributed by atoms with Crippen molar-refractivity contribution >= 4 is 11.3 Å². The van der Waals surface area contributed by atoms with E-state index in [2.05, 4.69) is 58.2 Å². The SMILES string of the molecule is Cc1ccc(-c2csc(C(C)(C)C)n2)c(C)c1. The molecule has 0 aliphatic carbocycles. The Morgan fingerprint density at radius 1 is 1.12 bits per heavy atom. The van der Waals surface area contributed by atoms with Crippen molar-refractivity contribution in [3.8, 4) is 11.3 Å². The van der Waals surface area contributed by atoms with Crippen LogP contribution in [-0.4, -0.2) is 4.98 Å². The van der Waals surface area contributed by atoms with E-state index in [9.17, 15) is 0 Å². The molecule has 0 bridgehead atoms. The number of hydrogen-bond donors (Lipinski definition) is 0. The lowest BCUT2D eigenvalue weighted by molar-refractivity contribution is 0.586. The molecule has 90 valence electrons. The fourth-order valence-corrected chi connectivity index (χ4v) is 2.75. The van der Waals surface area contributed by atoms with Gasteiger partial charge in [0, 0.05) is 16.4 Å². The Morgan fingerprint density at radius 2 is 1.82 bits per heavy atom. The summed E-state index contributed by atoms with van der Waals surface area (Å²) >= 11 is 1.75. The molecule has 0 spiro atoms. The van der Waals surface area contributed by atoms with Crippen LogP contribution in [0.5, 0.6) is 0 Å². The molecule has 0 aliphatic heterocycles. The quantitative estimate of drug-likeness (QED) is 0.708. The molecule has 2 heteroatoms. The molecule has 0 amide bonds. The van der Waals surface area contributed by atoms with Crippen molar-refractivity contribution in [2.75, 3.05) is 0 Å². The van der Waals surface area contributed by atoms with Gasteiger partial charge in [-0.2, -0.15) is 0 Å². The monoisotopic (exact) mass is 245 g/mol. The predicted molar refractivity (Wildman–Crippen MR) is 75.7 cm³/mol. The molecule has 1 aromatic heterocycles. The zero-order valence-corrected chi connectivity index (χ0v) is 12.0. The second-order valence-electron chi connectivity index (χ2n) is 5.61. The number of rotatable bonds is 1. The van der Waals surface area contributed by atoms with Gasteiger partial charge in [0.1, 0.15) is 0 Å². The lowest BCUT2D eigenvalue weighted by atomic mass is 9.98. The minimum absolute atomic E-state index is 0.140. The summed E-state index contributed by atoms with van der Waals surface area (Å²) in [5.74, 6) is 0. The topological polar surface area (TPSA) is 12.9 Å². The van der Waals surface area contributed by atoms with Gasteiger partial charge in [-0.1, -0.05) is 44.5 Å². The van der Waals surface area contributed by atoms with E-state index in [0.29, 0.717) is 0 Å². The molecule has 1 nitrogen and oxygen atoms in total. The van der Waals surface area contributed by atoms with Gasteiger partial charge in [-0.3, -0.25) is 0 Å². The molecule has 2 rings (SSSR count). The zero-order chi connectivity index (χ0) is 12.6. The molecule has 0 unspecified atom stereocenters. The molecular formula is C15H19NS. The summed E-state index contributed by atoms with van der Waals surface area (Å²) in [6.45, 7) is 10.9. The molecule has 1 heterocycles. The van der Waals surface area contributed by atoms with Crippen LogP contribution in [0.1, 0.15) is 36.9 Å². The fourth-order valence-electron chi connectivity index (χ4n) is 1.84. The van der Waals surface area contributed by atoms with Crippen LogP contribution in [0.3, 0.4) is 0 Å². The van der Waals surface area contributed by atoms with Crippen molar-refractivity contribution in [2.24, 2.45) is 0 Å². The van der Waals surface area contributed by atoms with E-state index in [1.54, 1.807) is 11.3 Å². The second-order valence-corrected chi connectivity index (χ2v) is 6.46. The van der Waals surface area contributed by atoms with Gasteiger partial charge >= 0.3 is 0 Å². The van der Waals surface area contributed by atoms with E-state index in [1.807, 2.05) is 0 Å². The van der Waals surface area contributed by atoms with Gasteiger partial charge < -0.3 is 0 Å². The lowest BCUT2D eigenvalue weighted by Crippen LogP contribution is -2.10. The second kappa shape index (κ2) is 4.26. The Morgan fingerprint density at radius 3 is 2.35 bits per heavy atom. The van der Waals surface area contributed by atoms with Crippen LogP contribution in [0.4, 0.5) is 0 Å². The zero-order valence-electron chi connectivity index (χ0n) is 11.2. The number of aromatic nitrogens is 1. The molecule has 0 fully saturated rings. The first-order chi connectivity index (χ1) is 7.88. The van der Waals surface area contributed by atoms with Crippen LogP contribution in [0.2, 0.25) is 0 Å². The average molecular weight is 245 g/mol. The van der Waals surface area contributed by atoms with Crippen LogP contribution < -0.4 is 0 Å². The van der Waals surface area contributed by atoms with Gasteiger partial charge in [-0.25, -0.2) is 4.98 Å². The van der Waals surface area contributed by atoms with Crippen LogP contribution in [0.25, 0.3) is 11.3 Å². The number of aryl methyl sites for hydroxylation is 2. The van der Waals surface area contributed by atoms with Crippen molar-refractivity contribution in [3.63, 3.8) is 0 Å². The summed E-state index contributed by atoms with van der Waals surface area (Å²) in [5, 5.41) is 3.37. The highest BCUT2D eigenvalue weighted by Crippen LogP contribution is 2.31. The fraction of sp³-hybridized carbons (Fsp3) is 0.400. The van der Waals surface area contributed by atoms with Crippen molar-refractivity contribution in [3.05, 3.63) is 39.7 Å². The van der Waals surface area contributed by atoms with E-state index >= 15 is 0 Å². The van der Waals surface area contributed by atoms with E-state index < -0.39 is 0 Å². The summed E-state index contributed by atoms with van der Waals surface area (Å²) in [6, 6.07) is 6.54. The molecule has 0 radical (unpaired) electrons. The van der Waals surface area contributed by atoms with Crippen molar-refractivity contribution in [2.45, 2.75) is 40.0 Å². The summed E-state index contributed by atoms with van der Waals surface area (Å²) in [5.41, 5.74) is 5.11. The Labute approximate surface area is 108 Å². The van der Waals surface area contributed by atoms with Gasteiger partial charge in [-0.15, -0.1) is 11.3 Å². The van der Waals surface area contributed by atoms with Gasteiger partial charge in [0.05, 0.1) is 10.7 Å². The Hall–Kier alpha value is -1.15. The highest BCUT2D eigenvalue weighted by atomic mass is 32.1. The maximum Gasteiger partial charge on any atom is 0.0986 e. The number of benzene rings is 1. The Balaban J connectivity index is 2.44. The van der Waals surface area contributed by atoms with Crippen molar-refractivity contribution in [1.82, 2.24) is 4.98 Å². The third-order valence-electron chi connectivity index (χ3n) is 2.80. The molecule has 1 aromatic carbocycles. The minimum Gasteiger partial charge on any atom is -0.241 e. The standard InChI is InChI=1S/C15H19NS/c1-10-6-7-12(11(2)8-10)13-9-17-14(16-13)15(3,4)5/h6-9H,1-5H3. The summed E-state index contributed by atoms with van der Waals surface area (Å²) < 4.78 is 0. The molecule has 0 N–H and O–H groups in total. The molecule has 0 aliphatic rings. The lowest BCUT2D eigenvalue weighted by Gasteiger charge is -2.13. The number of nitrogens with zero attached hydrogens (tertiary/aromatic N) is 1. The maximum absolute atomic E-state index is 4.76. The van der Waals surface area contributed by atoms with Crippen molar-refractivity contribution in [1.29, 1.82) is 0 Å². The normalized spacial score (nSPS) is 11.8. The van der Waals surface area contributed by atoms with E-state index in [4.69, 9.17) is 4.98 Å². The molecule has 0 atom stereocenters. The third-order valence-corrected chi connectivity index (χ3v) is 4.07. The maximum atomic E-state index is 4.76. The minimum atomic E-state index is 0.140.